The first-order chi connectivity index (χ1) is 12.2. The molecule has 3 rings (SSSR count). The summed E-state index contributed by atoms with van der Waals surface area (Å²) in [6.45, 7) is 3.49. The molecule has 1 aromatic carbocycles. The quantitative estimate of drug-likeness (QED) is 0.291. The molecule has 7 heteroatoms. The Morgan fingerprint density at radius 3 is 2.69 bits per heavy atom. The summed E-state index contributed by atoms with van der Waals surface area (Å²) in [5.74, 6) is 1.06. The van der Waals surface area contributed by atoms with Gasteiger partial charge in [-0.1, -0.05) is 12.2 Å². The fourth-order valence-electron chi connectivity index (χ4n) is 2.68. The second kappa shape index (κ2) is 10.3. The third-order valence-electron chi connectivity index (χ3n) is 3.97. The van der Waals surface area contributed by atoms with E-state index in [2.05, 4.69) is 39.7 Å². The average molecular weight is 470 g/mol. The topological polar surface area (TPSA) is 62.5 Å². The zero-order valence-corrected chi connectivity index (χ0v) is 17.1. The molecule has 1 heterocycles. The molecule has 0 amide bonds. The van der Waals surface area contributed by atoms with Gasteiger partial charge in [0.05, 0.1) is 5.69 Å². The molecule has 0 aliphatic heterocycles. The van der Waals surface area contributed by atoms with Gasteiger partial charge in [-0.15, -0.1) is 24.0 Å². The van der Waals surface area contributed by atoms with E-state index >= 15 is 0 Å². The van der Waals surface area contributed by atoms with Gasteiger partial charge in [0.2, 0.25) is 5.89 Å². The summed E-state index contributed by atoms with van der Waals surface area (Å²) < 4.78 is 18.5. The first-order valence-electron chi connectivity index (χ1n) is 8.65. The van der Waals surface area contributed by atoms with E-state index in [1.54, 1.807) is 18.4 Å². The lowest BCUT2D eigenvalue weighted by molar-refractivity contribution is 0.572. The lowest BCUT2D eigenvalue weighted by atomic mass is 10.2. The Morgan fingerprint density at radius 2 is 2.00 bits per heavy atom. The van der Waals surface area contributed by atoms with Crippen molar-refractivity contribution in [3.63, 3.8) is 0 Å². The summed E-state index contributed by atoms with van der Waals surface area (Å²) in [5.41, 5.74) is 1.60. The maximum Gasteiger partial charge on any atom is 0.226 e. The Bertz CT molecular complexity index is 734. The third-order valence-corrected chi connectivity index (χ3v) is 3.97. The third kappa shape index (κ3) is 5.82. The predicted octanol–water partition coefficient (Wildman–Crippen LogP) is 3.91. The monoisotopic (exact) mass is 470 g/mol. The van der Waals surface area contributed by atoms with Crippen molar-refractivity contribution in [2.24, 2.45) is 4.99 Å². The normalized spacial score (nSPS) is 14.3. The Hall–Kier alpha value is -1.90. The number of aliphatic imine (C=N–C) groups is 1. The maximum absolute atomic E-state index is 13.0. The number of guanidine groups is 1. The first-order valence-corrected chi connectivity index (χ1v) is 8.65. The Balaban J connectivity index is 0.00000243. The highest BCUT2D eigenvalue weighted by Crippen LogP contribution is 2.19. The van der Waals surface area contributed by atoms with Crippen LogP contribution < -0.4 is 10.6 Å². The zero-order valence-electron chi connectivity index (χ0n) is 14.7. The van der Waals surface area contributed by atoms with Gasteiger partial charge in [-0.3, -0.25) is 4.99 Å². The van der Waals surface area contributed by atoms with Crippen LogP contribution in [0.5, 0.6) is 0 Å². The number of aromatic nitrogens is 1. The molecular weight excluding hydrogens is 446 g/mol. The van der Waals surface area contributed by atoms with Crippen molar-refractivity contribution in [2.45, 2.75) is 32.2 Å². The highest BCUT2D eigenvalue weighted by Gasteiger charge is 2.11. The van der Waals surface area contributed by atoms with Crippen molar-refractivity contribution in [3.05, 3.63) is 54.2 Å². The van der Waals surface area contributed by atoms with Gasteiger partial charge in [-0.25, -0.2) is 9.37 Å². The van der Waals surface area contributed by atoms with Gasteiger partial charge in [-0.05, 0) is 44.0 Å². The van der Waals surface area contributed by atoms with E-state index in [1.165, 1.54) is 12.1 Å². The second-order valence-electron chi connectivity index (χ2n) is 5.95. The molecule has 2 aromatic rings. The highest BCUT2D eigenvalue weighted by molar-refractivity contribution is 14.0. The molecule has 1 aliphatic carbocycles. The molecule has 0 saturated carbocycles. The second-order valence-corrected chi connectivity index (χ2v) is 5.95. The van der Waals surface area contributed by atoms with Crippen LogP contribution in [0.2, 0.25) is 0 Å². The van der Waals surface area contributed by atoms with Gasteiger partial charge in [0.1, 0.15) is 12.1 Å². The van der Waals surface area contributed by atoms with E-state index in [1.807, 2.05) is 0 Å². The maximum atomic E-state index is 13.0. The van der Waals surface area contributed by atoms with Crippen molar-refractivity contribution >= 4 is 29.9 Å². The summed E-state index contributed by atoms with van der Waals surface area (Å²) in [5, 5.41) is 6.70. The van der Waals surface area contributed by atoms with Crippen LogP contribution in [0.4, 0.5) is 4.39 Å². The number of nitrogens with one attached hydrogen (secondary N) is 2. The molecule has 1 aliphatic rings. The van der Waals surface area contributed by atoms with Crippen LogP contribution in [0, 0.1) is 5.82 Å². The number of oxazole rings is 1. The van der Waals surface area contributed by atoms with E-state index in [0.717, 1.165) is 36.6 Å². The van der Waals surface area contributed by atoms with Crippen LogP contribution in [0.15, 0.2) is 52.1 Å². The van der Waals surface area contributed by atoms with Gasteiger partial charge in [0.15, 0.2) is 5.96 Å². The summed E-state index contributed by atoms with van der Waals surface area (Å²) in [6.07, 6.45) is 8.77. The Labute approximate surface area is 170 Å². The van der Waals surface area contributed by atoms with Gasteiger partial charge < -0.3 is 15.1 Å². The highest BCUT2D eigenvalue weighted by atomic mass is 127. The molecule has 0 radical (unpaired) electrons. The van der Waals surface area contributed by atoms with Gasteiger partial charge in [-0.2, -0.15) is 0 Å². The summed E-state index contributed by atoms with van der Waals surface area (Å²) >= 11 is 0. The minimum atomic E-state index is -0.272. The number of rotatable bonds is 6. The van der Waals surface area contributed by atoms with Gasteiger partial charge >= 0.3 is 0 Å². The number of benzene rings is 1. The number of nitrogens with zero attached hydrogens (tertiary/aromatic N) is 2. The summed E-state index contributed by atoms with van der Waals surface area (Å²) in [4.78, 5) is 9.05. The van der Waals surface area contributed by atoms with Crippen LogP contribution in [-0.2, 0) is 6.42 Å². The van der Waals surface area contributed by atoms with Crippen molar-refractivity contribution in [1.82, 2.24) is 15.6 Å². The van der Waals surface area contributed by atoms with Crippen molar-refractivity contribution < 1.29 is 8.81 Å². The van der Waals surface area contributed by atoms with Crippen molar-refractivity contribution in [2.75, 3.05) is 13.1 Å². The molecular formula is C19H24FIN4O. The predicted molar refractivity (Wildman–Crippen MR) is 112 cm³/mol. The summed E-state index contributed by atoms with van der Waals surface area (Å²) in [6, 6.07) is 6.54. The molecule has 26 heavy (non-hydrogen) atoms. The number of hydrogen-bond acceptors (Lipinski definition) is 3. The molecule has 0 atom stereocenters. The number of hydrogen-bond donors (Lipinski definition) is 2. The van der Waals surface area contributed by atoms with Crippen molar-refractivity contribution in [3.8, 4) is 11.5 Å². The van der Waals surface area contributed by atoms with Crippen LogP contribution in [0.1, 0.15) is 25.5 Å². The van der Waals surface area contributed by atoms with E-state index < -0.39 is 0 Å². The first kappa shape index (κ1) is 20.4. The molecule has 0 spiro atoms. The van der Waals surface area contributed by atoms with Crippen LogP contribution in [0.3, 0.4) is 0 Å². The molecule has 0 saturated heterocycles. The molecule has 1 aromatic heterocycles. The van der Waals surface area contributed by atoms with Crippen LogP contribution in [-0.4, -0.2) is 30.1 Å². The van der Waals surface area contributed by atoms with E-state index in [9.17, 15) is 4.39 Å². The minimum Gasteiger partial charge on any atom is -0.444 e. The van der Waals surface area contributed by atoms with Gasteiger partial charge in [0.25, 0.3) is 0 Å². The van der Waals surface area contributed by atoms with E-state index in [0.29, 0.717) is 24.9 Å². The zero-order chi connectivity index (χ0) is 17.5. The lowest BCUT2D eigenvalue weighted by Crippen LogP contribution is -2.42. The van der Waals surface area contributed by atoms with Gasteiger partial charge in [0, 0.05) is 31.1 Å². The lowest BCUT2D eigenvalue weighted by Gasteiger charge is -2.16. The fraction of sp³-hybridized carbons (Fsp3) is 0.368. The summed E-state index contributed by atoms with van der Waals surface area (Å²) in [7, 11) is 0. The standard InChI is InChI=1S/C19H23FN4O.HI/c1-2-21-19(24-16-5-3-4-6-16)22-12-11-17-13-25-18(23-17)14-7-9-15(20)10-8-14;/h3-4,7-10,13,16H,2,5-6,11-12H2,1H3,(H2,21,22,24);1H. The SMILES string of the molecule is CCNC(=NCCc1coc(-c2ccc(F)cc2)n1)NC1CC=CC1.I. The van der Waals surface area contributed by atoms with Crippen LogP contribution in [0.25, 0.3) is 11.5 Å². The Kier molecular flexibility index (Phi) is 8.08. The number of halogens is 2. The van der Waals surface area contributed by atoms with Crippen molar-refractivity contribution in [1.29, 1.82) is 0 Å². The molecule has 140 valence electrons. The smallest absolute Gasteiger partial charge is 0.226 e. The minimum absolute atomic E-state index is 0. The fourth-order valence-corrected chi connectivity index (χ4v) is 2.68. The molecule has 5 nitrogen and oxygen atoms in total. The van der Waals surface area contributed by atoms with E-state index in [4.69, 9.17) is 4.42 Å². The molecule has 0 fully saturated rings. The molecule has 2 N–H and O–H groups in total. The Morgan fingerprint density at radius 1 is 1.27 bits per heavy atom. The molecule has 0 unspecified atom stereocenters. The molecule has 0 bridgehead atoms. The van der Waals surface area contributed by atoms with Crippen LogP contribution >= 0.6 is 24.0 Å². The average Bonchev–Trinajstić information content (AvgIpc) is 3.28. The largest absolute Gasteiger partial charge is 0.444 e. The van der Waals surface area contributed by atoms with E-state index in [-0.39, 0.29) is 29.8 Å².